The molecule has 0 bridgehead atoms. The summed E-state index contributed by atoms with van der Waals surface area (Å²) in [4.78, 5) is 31.8. The van der Waals surface area contributed by atoms with Crippen LogP contribution in [0.5, 0.6) is 17.2 Å². The van der Waals surface area contributed by atoms with Crippen LogP contribution in [0.15, 0.2) is 53.9 Å². The van der Waals surface area contributed by atoms with Crippen LogP contribution in [-0.2, 0) is 11.2 Å². The van der Waals surface area contributed by atoms with E-state index >= 15 is 0 Å². The molecule has 3 heterocycles. The van der Waals surface area contributed by atoms with Gasteiger partial charge in [0.15, 0.2) is 11.5 Å². The molecule has 0 radical (unpaired) electrons. The predicted octanol–water partition coefficient (Wildman–Crippen LogP) is 4.92. The quantitative estimate of drug-likeness (QED) is 0.419. The summed E-state index contributed by atoms with van der Waals surface area (Å²) in [6.45, 7) is 5.33. The molecular formula is C28H29FN2O5S. The molecule has 0 N–H and O–H groups in total. The lowest BCUT2D eigenvalue weighted by Gasteiger charge is -2.37. The molecule has 0 fully saturated rings. The molecular weight excluding hydrogens is 495 g/mol. The predicted molar refractivity (Wildman–Crippen MR) is 138 cm³/mol. The Morgan fingerprint density at radius 1 is 1.14 bits per heavy atom. The smallest absolute Gasteiger partial charge is 0.254 e. The molecule has 1 atom stereocenters. The van der Waals surface area contributed by atoms with E-state index in [9.17, 15) is 14.0 Å². The first-order valence-electron chi connectivity index (χ1n) is 12.3. The van der Waals surface area contributed by atoms with Gasteiger partial charge in [0.2, 0.25) is 12.7 Å². The van der Waals surface area contributed by atoms with Crippen molar-refractivity contribution in [2.75, 3.05) is 33.0 Å². The molecule has 2 aliphatic rings. The fraction of sp³-hybridized carbons (Fsp3) is 0.357. The molecule has 5 rings (SSSR count). The fourth-order valence-electron chi connectivity index (χ4n) is 4.71. The highest BCUT2D eigenvalue weighted by Crippen LogP contribution is 2.35. The van der Waals surface area contributed by atoms with E-state index in [1.165, 1.54) is 17.0 Å². The third kappa shape index (κ3) is 5.56. The SMILES string of the molecule is CC(C)CN(CC(=O)N1CCc2sccc2C1COc1ccc(F)cc1)C(=O)c1ccc2c(c1)OCO2. The first kappa shape index (κ1) is 25.1. The molecule has 37 heavy (non-hydrogen) atoms. The Labute approximate surface area is 219 Å². The van der Waals surface area contributed by atoms with Crippen LogP contribution in [0.2, 0.25) is 0 Å². The van der Waals surface area contributed by atoms with Crippen molar-refractivity contribution < 1.29 is 28.2 Å². The minimum Gasteiger partial charge on any atom is -0.491 e. The monoisotopic (exact) mass is 524 g/mol. The van der Waals surface area contributed by atoms with Crippen molar-refractivity contribution in [3.05, 3.63) is 75.7 Å². The average Bonchev–Trinajstić information content (AvgIpc) is 3.56. The second kappa shape index (κ2) is 10.8. The molecule has 0 saturated heterocycles. The van der Waals surface area contributed by atoms with Gasteiger partial charge in [-0.3, -0.25) is 9.59 Å². The molecule has 3 aromatic rings. The van der Waals surface area contributed by atoms with Gasteiger partial charge in [-0.25, -0.2) is 4.39 Å². The number of fused-ring (bicyclic) bond motifs is 2. The van der Waals surface area contributed by atoms with Gasteiger partial charge in [-0.15, -0.1) is 11.3 Å². The molecule has 2 aromatic carbocycles. The Hall–Kier alpha value is -3.59. The van der Waals surface area contributed by atoms with Crippen molar-refractivity contribution in [1.29, 1.82) is 0 Å². The number of nitrogens with zero attached hydrogens (tertiary/aromatic N) is 2. The first-order valence-corrected chi connectivity index (χ1v) is 13.2. The van der Waals surface area contributed by atoms with Crippen LogP contribution >= 0.6 is 11.3 Å². The Morgan fingerprint density at radius 3 is 2.70 bits per heavy atom. The molecule has 2 aliphatic heterocycles. The van der Waals surface area contributed by atoms with E-state index < -0.39 is 0 Å². The summed E-state index contributed by atoms with van der Waals surface area (Å²) in [5.74, 6) is 1.14. The van der Waals surface area contributed by atoms with Gasteiger partial charge in [-0.1, -0.05) is 13.8 Å². The van der Waals surface area contributed by atoms with Crippen LogP contribution in [0.1, 0.15) is 40.7 Å². The maximum absolute atomic E-state index is 13.7. The zero-order chi connectivity index (χ0) is 25.9. The summed E-state index contributed by atoms with van der Waals surface area (Å²) in [6, 6.07) is 12.7. The van der Waals surface area contributed by atoms with Gasteiger partial charge in [0.25, 0.3) is 5.91 Å². The number of hydrogen-bond donors (Lipinski definition) is 0. The minimum atomic E-state index is -0.334. The summed E-state index contributed by atoms with van der Waals surface area (Å²) in [7, 11) is 0. The number of halogens is 1. The topological polar surface area (TPSA) is 68.3 Å². The largest absolute Gasteiger partial charge is 0.491 e. The van der Waals surface area contributed by atoms with E-state index in [2.05, 4.69) is 0 Å². The average molecular weight is 525 g/mol. The molecule has 1 aromatic heterocycles. The summed E-state index contributed by atoms with van der Waals surface area (Å²) >= 11 is 1.67. The van der Waals surface area contributed by atoms with Crippen LogP contribution in [0.25, 0.3) is 0 Å². The van der Waals surface area contributed by atoms with E-state index in [4.69, 9.17) is 14.2 Å². The summed E-state index contributed by atoms with van der Waals surface area (Å²) in [5.41, 5.74) is 1.51. The van der Waals surface area contributed by atoms with E-state index in [0.717, 1.165) is 12.0 Å². The van der Waals surface area contributed by atoms with E-state index in [0.29, 0.717) is 35.9 Å². The lowest BCUT2D eigenvalue weighted by Crippen LogP contribution is -2.48. The van der Waals surface area contributed by atoms with Crippen LogP contribution in [0, 0.1) is 11.7 Å². The highest BCUT2D eigenvalue weighted by Gasteiger charge is 2.34. The highest BCUT2D eigenvalue weighted by atomic mass is 32.1. The van der Waals surface area contributed by atoms with E-state index in [1.807, 2.05) is 25.3 Å². The van der Waals surface area contributed by atoms with Crippen LogP contribution in [-0.4, -0.2) is 54.6 Å². The summed E-state index contributed by atoms with van der Waals surface area (Å²) < 4.78 is 30.1. The van der Waals surface area contributed by atoms with Crippen molar-refractivity contribution >= 4 is 23.2 Å². The Kier molecular flexibility index (Phi) is 7.32. The Bertz CT molecular complexity index is 1280. The third-order valence-electron chi connectivity index (χ3n) is 6.46. The molecule has 9 heteroatoms. The highest BCUT2D eigenvalue weighted by molar-refractivity contribution is 7.10. The van der Waals surface area contributed by atoms with Crippen LogP contribution in [0.4, 0.5) is 4.39 Å². The van der Waals surface area contributed by atoms with Gasteiger partial charge < -0.3 is 24.0 Å². The van der Waals surface area contributed by atoms with E-state index in [-0.39, 0.29) is 49.5 Å². The summed E-state index contributed by atoms with van der Waals surface area (Å²) in [5, 5.41) is 2.03. The zero-order valence-corrected chi connectivity index (χ0v) is 21.6. The van der Waals surface area contributed by atoms with Crippen molar-refractivity contribution in [2.24, 2.45) is 5.92 Å². The van der Waals surface area contributed by atoms with Crippen molar-refractivity contribution in [2.45, 2.75) is 26.3 Å². The standard InChI is InChI=1S/C28H29FN2O5S/c1-18(2)14-30(28(33)19-3-8-24-25(13-19)36-17-35-24)15-27(32)31-11-9-26-22(10-12-37-26)23(31)16-34-21-6-4-20(29)5-7-21/h3-8,10,12-13,18,23H,9,11,14-17H2,1-2H3. The maximum Gasteiger partial charge on any atom is 0.254 e. The van der Waals surface area contributed by atoms with Crippen molar-refractivity contribution in [1.82, 2.24) is 9.80 Å². The third-order valence-corrected chi connectivity index (χ3v) is 7.45. The number of amides is 2. The number of benzene rings is 2. The summed E-state index contributed by atoms with van der Waals surface area (Å²) in [6.07, 6.45) is 0.756. The van der Waals surface area contributed by atoms with Crippen molar-refractivity contribution in [3.8, 4) is 17.2 Å². The zero-order valence-electron chi connectivity index (χ0n) is 20.8. The lowest BCUT2D eigenvalue weighted by molar-refractivity contribution is -0.135. The molecule has 194 valence electrons. The fourth-order valence-corrected chi connectivity index (χ4v) is 5.64. The van der Waals surface area contributed by atoms with Crippen LogP contribution in [0.3, 0.4) is 0 Å². The number of ether oxygens (including phenoxy) is 3. The first-order chi connectivity index (χ1) is 17.9. The Morgan fingerprint density at radius 2 is 1.92 bits per heavy atom. The normalized spacial score (nSPS) is 16.0. The minimum absolute atomic E-state index is 0.0437. The number of carbonyl (C=O) groups excluding carboxylic acids is 2. The number of hydrogen-bond acceptors (Lipinski definition) is 6. The van der Waals surface area contributed by atoms with Gasteiger partial charge in [0, 0.05) is 23.5 Å². The molecule has 0 saturated carbocycles. The van der Waals surface area contributed by atoms with Gasteiger partial charge in [0.1, 0.15) is 24.7 Å². The number of rotatable bonds is 8. The van der Waals surface area contributed by atoms with Gasteiger partial charge in [0.05, 0.1) is 6.04 Å². The van der Waals surface area contributed by atoms with Gasteiger partial charge in [-0.2, -0.15) is 0 Å². The molecule has 2 amide bonds. The molecule has 0 aliphatic carbocycles. The lowest BCUT2D eigenvalue weighted by atomic mass is 10.00. The number of thiophene rings is 1. The molecule has 0 spiro atoms. The molecule has 7 nitrogen and oxygen atoms in total. The second-order valence-electron chi connectivity index (χ2n) is 9.56. The Balaban J connectivity index is 1.34. The van der Waals surface area contributed by atoms with Crippen LogP contribution < -0.4 is 14.2 Å². The maximum atomic E-state index is 13.7. The number of carbonyl (C=O) groups is 2. The molecule has 1 unspecified atom stereocenters. The van der Waals surface area contributed by atoms with Gasteiger partial charge >= 0.3 is 0 Å². The second-order valence-corrected chi connectivity index (χ2v) is 10.6. The van der Waals surface area contributed by atoms with Gasteiger partial charge in [-0.05, 0) is 71.8 Å². The van der Waals surface area contributed by atoms with Crippen molar-refractivity contribution in [3.63, 3.8) is 0 Å². The van der Waals surface area contributed by atoms with E-state index in [1.54, 1.807) is 51.5 Å².